The molecule has 112 valence electrons. The number of carbonyl (C=O) groups excluding carboxylic acids is 1. The lowest BCUT2D eigenvalue weighted by molar-refractivity contribution is -0.122. The van der Waals surface area contributed by atoms with Gasteiger partial charge in [-0.2, -0.15) is 0 Å². The molecule has 0 saturated heterocycles. The van der Waals surface area contributed by atoms with Crippen LogP contribution in [0.5, 0.6) is 0 Å². The van der Waals surface area contributed by atoms with E-state index in [9.17, 15) is 9.18 Å². The van der Waals surface area contributed by atoms with Crippen LogP contribution in [0, 0.1) is 5.82 Å². The lowest BCUT2D eigenvalue weighted by atomic mass is 10.1. The van der Waals surface area contributed by atoms with Crippen molar-refractivity contribution in [2.45, 2.75) is 26.0 Å². The summed E-state index contributed by atoms with van der Waals surface area (Å²) in [6, 6.07) is 8.78. The van der Waals surface area contributed by atoms with Gasteiger partial charge in [-0.05, 0) is 30.0 Å². The molecule has 5 heteroatoms. The Kier molecular flexibility index (Phi) is 5.47. The van der Waals surface area contributed by atoms with Gasteiger partial charge in [0, 0.05) is 24.1 Å². The van der Waals surface area contributed by atoms with Crippen LogP contribution in [0.25, 0.3) is 0 Å². The van der Waals surface area contributed by atoms with Gasteiger partial charge in [0.25, 0.3) is 0 Å². The molecule has 0 spiro atoms. The Morgan fingerprint density at radius 1 is 1.43 bits per heavy atom. The van der Waals surface area contributed by atoms with Gasteiger partial charge in [0.05, 0.1) is 12.5 Å². The molecule has 1 atom stereocenters. The summed E-state index contributed by atoms with van der Waals surface area (Å²) >= 11 is 1.56. The predicted molar refractivity (Wildman–Crippen MR) is 81.7 cm³/mol. The Labute approximate surface area is 127 Å². The highest BCUT2D eigenvalue weighted by atomic mass is 32.1. The zero-order valence-corrected chi connectivity index (χ0v) is 12.9. The summed E-state index contributed by atoms with van der Waals surface area (Å²) in [5.74, 6) is -0.559. The van der Waals surface area contributed by atoms with Crippen LogP contribution in [0.15, 0.2) is 35.7 Å². The topological polar surface area (TPSA) is 38.3 Å². The molecule has 0 aliphatic rings. The molecular formula is C16H18FNO2S. The number of amides is 1. The molecule has 0 unspecified atom stereocenters. The average Bonchev–Trinajstić information content (AvgIpc) is 3.01. The van der Waals surface area contributed by atoms with Gasteiger partial charge in [0.1, 0.15) is 5.82 Å². The van der Waals surface area contributed by atoms with E-state index in [4.69, 9.17) is 4.74 Å². The molecule has 2 rings (SSSR count). The van der Waals surface area contributed by atoms with E-state index in [2.05, 4.69) is 5.32 Å². The summed E-state index contributed by atoms with van der Waals surface area (Å²) < 4.78 is 18.7. The maximum absolute atomic E-state index is 13.8. The van der Waals surface area contributed by atoms with Crippen molar-refractivity contribution in [2.75, 3.05) is 7.11 Å². The molecule has 1 N–H and O–H groups in total. The van der Waals surface area contributed by atoms with Crippen LogP contribution in [-0.4, -0.2) is 13.0 Å². The second-order valence-electron chi connectivity index (χ2n) is 4.81. The van der Waals surface area contributed by atoms with Gasteiger partial charge in [-0.25, -0.2) is 4.39 Å². The van der Waals surface area contributed by atoms with Crippen molar-refractivity contribution < 1.29 is 13.9 Å². The lowest BCUT2D eigenvalue weighted by Gasteiger charge is -2.11. The Balaban J connectivity index is 1.93. The Morgan fingerprint density at radius 2 is 2.24 bits per heavy atom. The molecule has 1 heterocycles. The number of rotatable bonds is 6. The van der Waals surface area contributed by atoms with Crippen molar-refractivity contribution in [1.29, 1.82) is 0 Å². The van der Waals surface area contributed by atoms with E-state index in [1.54, 1.807) is 23.5 Å². The minimum absolute atomic E-state index is 0.0566. The molecule has 0 fully saturated rings. The van der Waals surface area contributed by atoms with Crippen LogP contribution in [0.1, 0.15) is 28.8 Å². The Morgan fingerprint density at radius 3 is 2.86 bits per heavy atom. The van der Waals surface area contributed by atoms with Gasteiger partial charge in [-0.1, -0.05) is 18.2 Å². The summed E-state index contributed by atoms with van der Waals surface area (Å²) in [5, 5.41) is 4.78. The SMILES string of the molecule is COCc1ccc(CNC(=O)[C@H](C)c2cccs2)cc1F. The Bertz CT molecular complexity index is 598. The summed E-state index contributed by atoms with van der Waals surface area (Å²) in [6.07, 6.45) is 0. The summed E-state index contributed by atoms with van der Waals surface area (Å²) in [6.45, 7) is 2.43. The third-order valence-corrected chi connectivity index (χ3v) is 4.30. The number of thiophene rings is 1. The monoisotopic (exact) mass is 307 g/mol. The van der Waals surface area contributed by atoms with E-state index in [-0.39, 0.29) is 24.2 Å². The minimum atomic E-state index is -0.310. The maximum atomic E-state index is 13.8. The van der Waals surface area contributed by atoms with Crippen LogP contribution in [-0.2, 0) is 22.7 Å². The first-order chi connectivity index (χ1) is 10.1. The van der Waals surface area contributed by atoms with E-state index in [1.807, 2.05) is 24.4 Å². The molecule has 0 aliphatic heterocycles. The molecule has 1 amide bonds. The van der Waals surface area contributed by atoms with Crippen LogP contribution in [0.2, 0.25) is 0 Å². The molecule has 21 heavy (non-hydrogen) atoms. The Hall–Kier alpha value is -1.72. The molecule has 2 aromatic rings. The first kappa shape index (κ1) is 15.7. The first-order valence-electron chi connectivity index (χ1n) is 6.69. The average molecular weight is 307 g/mol. The summed E-state index contributed by atoms with van der Waals surface area (Å²) in [7, 11) is 1.53. The fraction of sp³-hybridized carbons (Fsp3) is 0.312. The highest BCUT2D eigenvalue weighted by Gasteiger charge is 2.15. The first-order valence-corrected chi connectivity index (χ1v) is 7.57. The molecule has 3 nitrogen and oxygen atoms in total. The fourth-order valence-electron chi connectivity index (χ4n) is 1.98. The second-order valence-corrected chi connectivity index (χ2v) is 5.79. The van der Waals surface area contributed by atoms with Crippen molar-refractivity contribution >= 4 is 17.2 Å². The maximum Gasteiger partial charge on any atom is 0.228 e. The van der Waals surface area contributed by atoms with E-state index in [0.717, 1.165) is 10.4 Å². The standard InChI is InChI=1S/C16H18FNO2S/c1-11(15-4-3-7-21-15)16(19)18-9-12-5-6-13(10-20-2)14(17)8-12/h3-8,11H,9-10H2,1-2H3,(H,18,19)/t11-/m1/s1. The van der Waals surface area contributed by atoms with Gasteiger partial charge < -0.3 is 10.1 Å². The number of ether oxygens (including phenoxy) is 1. The van der Waals surface area contributed by atoms with Gasteiger partial charge in [-0.15, -0.1) is 11.3 Å². The van der Waals surface area contributed by atoms with E-state index in [1.165, 1.54) is 13.2 Å². The van der Waals surface area contributed by atoms with Crippen molar-refractivity contribution in [3.05, 3.63) is 57.5 Å². The third-order valence-electron chi connectivity index (χ3n) is 3.25. The van der Waals surface area contributed by atoms with Crippen LogP contribution in [0.4, 0.5) is 4.39 Å². The van der Waals surface area contributed by atoms with Crippen molar-refractivity contribution in [1.82, 2.24) is 5.32 Å². The number of halogens is 1. The highest BCUT2D eigenvalue weighted by molar-refractivity contribution is 7.10. The molecule has 0 bridgehead atoms. The van der Waals surface area contributed by atoms with Crippen molar-refractivity contribution in [2.24, 2.45) is 0 Å². The number of methoxy groups -OCH3 is 1. The summed E-state index contributed by atoms with van der Waals surface area (Å²) in [4.78, 5) is 13.1. The zero-order chi connectivity index (χ0) is 15.2. The lowest BCUT2D eigenvalue weighted by Crippen LogP contribution is -2.27. The van der Waals surface area contributed by atoms with Crippen LogP contribution >= 0.6 is 11.3 Å². The molecule has 0 saturated carbocycles. The van der Waals surface area contributed by atoms with Crippen molar-refractivity contribution in [3.8, 4) is 0 Å². The smallest absolute Gasteiger partial charge is 0.228 e. The van der Waals surface area contributed by atoms with E-state index < -0.39 is 0 Å². The van der Waals surface area contributed by atoms with Crippen molar-refractivity contribution in [3.63, 3.8) is 0 Å². The van der Waals surface area contributed by atoms with Gasteiger partial charge in [-0.3, -0.25) is 4.79 Å². The van der Waals surface area contributed by atoms with Crippen LogP contribution < -0.4 is 5.32 Å². The number of hydrogen-bond acceptors (Lipinski definition) is 3. The number of benzene rings is 1. The molecule has 1 aromatic carbocycles. The molecule has 1 aromatic heterocycles. The van der Waals surface area contributed by atoms with E-state index in [0.29, 0.717) is 12.1 Å². The summed E-state index contributed by atoms with van der Waals surface area (Å²) in [5.41, 5.74) is 1.25. The van der Waals surface area contributed by atoms with Crippen LogP contribution in [0.3, 0.4) is 0 Å². The normalized spacial score (nSPS) is 12.1. The fourth-order valence-corrected chi connectivity index (χ4v) is 2.77. The number of hydrogen-bond donors (Lipinski definition) is 1. The van der Waals surface area contributed by atoms with Gasteiger partial charge in [0.15, 0.2) is 0 Å². The molecular weight excluding hydrogens is 289 g/mol. The highest BCUT2D eigenvalue weighted by Crippen LogP contribution is 2.20. The number of nitrogens with one attached hydrogen (secondary N) is 1. The molecule has 0 radical (unpaired) electrons. The van der Waals surface area contributed by atoms with Gasteiger partial charge in [0.2, 0.25) is 5.91 Å². The number of carbonyl (C=O) groups is 1. The quantitative estimate of drug-likeness (QED) is 0.887. The van der Waals surface area contributed by atoms with Gasteiger partial charge >= 0.3 is 0 Å². The second kappa shape index (κ2) is 7.33. The third kappa shape index (κ3) is 4.12. The minimum Gasteiger partial charge on any atom is -0.380 e. The van der Waals surface area contributed by atoms with E-state index >= 15 is 0 Å². The zero-order valence-electron chi connectivity index (χ0n) is 12.1. The predicted octanol–water partition coefficient (Wildman–Crippen LogP) is 3.45. The molecule has 0 aliphatic carbocycles. The largest absolute Gasteiger partial charge is 0.380 e.